The minimum Gasteiger partial charge on any atom is -0.471 e. The lowest BCUT2D eigenvalue weighted by molar-refractivity contribution is -0.0245. The second-order valence-electron chi connectivity index (χ2n) is 8.44. The van der Waals surface area contributed by atoms with Crippen molar-refractivity contribution in [2.24, 2.45) is 7.05 Å². The van der Waals surface area contributed by atoms with E-state index in [2.05, 4.69) is 16.1 Å². The van der Waals surface area contributed by atoms with E-state index in [1.807, 2.05) is 49.6 Å². The fraction of sp³-hybridized carbons (Fsp3) is 0.240. The molecule has 2 aromatic carbocycles. The van der Waals surface area contributed by atoms with Crippen molar-refractivity contribution >= 4 is 16.8 Å². The number of amides is 1. The quantitative estimate of drug-likeness (QED) is 0.424. The first-order valence-corrected chi connectivity index (χ1v) is 10.6. The number of hydrogen-bond acceptors (Lipinski definition) is 4. The predicted octanol–water partition coefficient (Wildman–Crippen LogP) is 4.83. The van der Waals surface area contributed by atoms with E-state index in [9.17, 15) is 13.6 Å². The van der Waals surface area contributed by atoms with Gasteiger partial charge in [-0.2, -0.15) is 5.10 Å². The van der Waals surface area contributed by atoms with Crippen molar-refractivity contribution in [1.29, 1.82) is 0 Å². The molecule has 0 aliphatic carbocycles. The number of aryl methyl sites for hydroxylation is 1. The summed E-state index contributed by atoms with van der Waals surface area (Å²) >= 11 is 0. The molecule has 0 unspecified atom stereocenters. The van der Waals surface area contributed by atoms with E-state index >= 15 is 0 Å². The zero-order valence-electron chi connectivity index (χ0n) is 18.3. The van der Waals surface area contributed by atoms with Crippen LogP contribution in [0, 0.1) is 0 Å². The van der Waals surface area contributed by atoms with E-state index in [0.29, 0.717) is 13.1 Å². The van der Waals surface area contributed by atoms with Gasteiger partial charge in [-0.1, -0.05) is 30.3 Å². The van der Waals surface area contributed by atoms with Crippen molar-refractivity contribution in [3.63, 3.8) is 0 Å². The van der Waals surface area contributed by atoms with Crippen LogP contribution in [0.5, 0.6) is 5.88 Å². The number of fused-ring (bicyclic) bond motifs is 2. The zero-order chi connectivity index (χ0) is 23.2. The zero-order valence-corrected chi connectivity index (χ0v) is 18.3. The van der Waals surface area contributed by atoms with Crippen LogP contribution in [-0.4, -0.2) is 38.1 Å². The van der Waals surface area contributed by atoms with Crippen molar-refractivity contribution in [2.75, 3.05) is 6.61 Å². The summed E-state index contributed by atoms with van der Waals surface area (Å²) in [6.07, 6.45) is 3.46. The Morgan fingerprint density at radius 1 is 1.09 bits per heavy atom. The van der Waals surface area contributed by atoms with Crippen LogP contribution in [0.15, 0.2) is 60.9 Å². The SMILES string of the molecule is Cn1cc2cc(-c3ccc(CN4Cc5ccnc(OCC(C)(F)F)c5C4=O)cc3)ccc2n1. The number of carbonyl (C=O) groups is 1. The molecule has 3 heterocycles. The third-order valence-electron chi connectivity index (χ3n) is 5.61. The highest BCUT2D eigenvalue weighted by molar-refractivity contribution is 6.00. The molecule has 1 aliphatic rings. The monoisotopic (exact) mass is 448 g/mol. The van der Waals surface area contributed by atoms with E-state index < -0.39 is 12.5 Å². The first kappa shape index (κ1) is 21.1. The molecule has 8 heteroatoms. The highest BCUT2D eigenvalue weighted by atomic mass is 19.3. The number of pyridine rings is 1. The summed E-state index contributed by atoms with van der Waals surface area (Å²) in [5, 5.41) is 5.48. The maximum absolute atomic E-state index is 13.2. The molecule has 0 spiro atoms. The molecule has 0 atom stereocenters. The summed E-state index contributed by atoms with van der Waals surface area (Å²) in [5.74, 6) is -3.31. The minimum absolute atomic E-state index is 0.0392. The van der Waals surface area contributed by atoms with Gasteiger partial charge in [0.05, 0.1) is 5.52 Å². The molecule has 1 amide bonds. The number of benzene rings is 2. The maximum atomic E-state index is 13.2. The van der Waals surface area contributed by atoms with Crippen LogP contribution in [0.1, 0.15) is 28.4 Å². The molecular formula is C25H22F2N4O2. The third-order valence-corrected chi connectivity index (χ3v) is 5.61. The van der Waals surface area contributed by atoms with Crippen LogP contribution in [0.4, 0.5) is 8.78 Å². The Bertz CT molecular complexity index is 1340. The highest BCUT2D eigenvalue weighted by Gasteiger charge is 2.33. The van der Waals surface area contributed by atoms with Crippen LogP contribution in [-0.2, 0) is 20.1 Å². The lowest BCUT2D eigenvalue weighted by Crippen LogP contribution is -2.25. The van der Waals surface area contributed by atoms with Gasteiger partial charge in [0, 0.05) is 44.8 Å². The lowest BCUT2D eigenvalue weighted by Gasteiger charge is -2.16. The van der Waals surface area contributed by atoms with Gasteiger partial charge in [-0.15, -0.1) is 0 Å². The summed E-state index contributed by atoms with van der Waals surface area (Å²) < 4.78 is 33.4. The summed E-state index contributed by atoms with van der Waals surface area (Å²) in [6.45, 7) is 0.729. The van der Waals surface area contributed by atoms with E-state index in [1.54, 1.807) is 15.6 Å². The predicted molar refractivity (Wildman–Crippen MR) is 120 cm³/mol. The van der Waals surface area contributed by atoms with Gasteiger partial charge in [0.25, 0.3) is 11.8 Å². The van der Waals surface area contributed by atoms with Gasteiger partial charge >= 0.3 is 0 Å². The molecule has 168 valence electrons. The molecule has 5 rings (SSSR count). The van der Waals surface area contributed by atoms with Crippen molar-refractivity contribution < 1.29 is 18.3 Å². The van der Waals surface area contributed by atoms with Crippen LogP contribution in [0.3, 0.4) is 0 Å². The molecule has 2 aromatic heterocycles. The first-order valence-electron chi connectivity index (χ1n) is 10.6. The number of hydrogen-bond donors (Lipinski definition) is 0. The lowest BCUT2D eigenvalue weighted by atomic mass is 10.0. The van der Waals surface area contributed by atoms with Crippen LogP contribution in [0.25, 0.3) is 22.0 Å². The van der Waals surface area contributed by atoms with Crippen molar-refractivity contribution in [2.45, 2.75) is 25.9 Å². The largest absolute Gasteiger partial charge is 0.471 e. The number of nitrogens with zero attached hydrogens (tertiary/aromatic N) is 4. The Morgan fingerprint density at radius 3 is 2.61 bits per heavy atom. The fourth-order valence-electron chi connectivity index (χ4n) is 4.06. The normalized spacial score (nSPS) is 13.6. The van der Waals surface area contributed by atoms with E-state index in [0.717, 1.165) is 40.1 Å². The number of halogens is 2. The van der Waals surface area contributed by atoms with E-state index in [-0.39, 0.29) is 17.4 Å². The Balaban J connectivity index is 1.31. The van der Waals surface area contributed by atoms with Gasteiger partial charge < -0.3 is 9.64 Å². The number of alkyl halides is 2. The topological polar surface area (TPSA) is 60.2 Å². The Labute approximate surface area is 189 Å². The second kappa shape index (κ2) is 7.95. The molecular weight excluding hydrogens is 426 g/mol. The summed E-state index contributed by atoms with van der Waals surface area (Å²) in [4.78, 5) is 18.6. The highest BCUT2D eigenvalue weighted by Crippen LogP contribution is 2.31. The Morgan fingerprint density at radius 2 is 1.85 bits per heavy atom. The molecule has 0 fully saturated rings. The number of carbonyl (C=O) groups excluding carboxylic acids is 1. The van der Waals surface area contributed by atoms with Gasteiger partial charge in [-0.25, -0.2) is 13.8 Å². The molecule has 4 aromatic rings. The molecule has 6 nitrogen and oxygen atoms in total. The Hall–Kier alpha value is -3.81. The van der Waals surface area contributed by atoms with Crippen LogP contribution in [0.2, 0.25) is 0 Å². The standard InChI is InChI=1S/C25H22F2N4O2/c1-25(26,27)15-33-23-22-19(9-10-28-23)14-31(24(22)32)12-16-3-5-17(6-4-16)18-7-8-21-20(11-18)13-30(2)29-21/h3-11,13H,12,14-15H2,1-2H3. The Kier molecular flexibility index (Phi) is 5.08. The molecule has 0 saturated heterocycles. The minimum atomic E-state index is -3.00. The molecule has 1 aliphatic heterocycles. The summed E-state index contributed by atoms with van der Waals surface area (Å²) in [7, 11) is 1.90. The average Bonchev–Trinajstić information content (AvgIpc) is 3.30. The average molecular weight is 448 g/mol. The number of aromatic nitrogens is 3. The van der Waals surface area contributed by atoms with E-state index in [1.165, 1.54) is 6.20 Å². The molecule has 0 N–H and O–H groups in total. The fourth-order valence-corrected chi connectivity index (χ4v) is 4.06. The van der Waals surface area contributed by atoms with Crippen LogP contribution < -0.4 is 4.74 Å². The summed E-state index contributed by atoms with van der Waals surface area (Å²) in [6, 6.07) is 15.9. The van der Waals surface area contributed by atoms with Crippen molar-refractivity contribution in [3.05, 3.63) is 77.6 Å². The van der Waals surface area contributed by atoms with Gasteiger partial charge in [0.2, 0.25) is 5.88 Å². The molecule has 0 bridgehead atoms. The van der Waals surface area contributed by atoms with E-state index in [4.69, 9.17) is 4.74 Å². The van der Waals surface area contributed by atoms with Crippen molar-refractivity contribution in [3.8, 4) is 17.0 Å². The maximum Gasteiger partial charge on any atom is 0.278 e. The molecule has 0 saturated carbocycles. The second-order valence-corrected chi connectivity index (χ2v) is 8.44. The molecule has 0 radical (unpaired) electrons. The number of rotatable bonds is 6. The van der Waals surface area contributed by atoms with Gasteiger partial charge in [0.15, 0.2) is 6.61 Å². The van der Waals surface area contributed by atoms with Gasteiger partial charge in [0.1, 0.15) is 5.56 Å². The van der Waals surface area contributed by atoms with Crippen LogP contribution >= 0.6 is 0 Å². The smallest absolute Gasteiger partial charge is 0.278 e. The van der Waals surface area contributed by atoms with Gasteiger partial charge in [-0.3, -0.25) is 9.48 Å². The summed E-state index contributed by atoms with van der Waals surface area (Å²) in [5.41, 5.74) is 5.07. The first-order chi connectivity index (χ1) is 15.8. The molecule has 33 heavy (non-hydrogen) atoms. The van der Waals surface area contributed by atoms with Crippen molar-refractivity contribution in [1.82, 2.24) is 19.7 Å². The number of ether oxygens (including phenoxy) is 1. The third kappa shape index (κ3) is 4.28. The van der Waals surface area contributed by atoms with Gasteiger partial charge in [-0.05, 0) is 40.5 Å².